The van der Waals surface area contributed by atoms with Gasteiger partial charge in [0.2, 0.25) is 0 Å². The van der Waals surface area contributed by atoms with Gasteiger partial charge < -0.3 is 0 Å². The molecule has 4 nitrogen and oxygen atoms in total. The van der Waals surface area contributed by atoms with Crippen LogP contribution < -0.4 is 5.43 Å². The van der Waals surface area contributed by atoms with Gasteiger partial charge in [0.15, 0.2) is 0 Å². The number of rotatable bonds is 5. The summed E-state index contributed by atoms with van der Waals surface area (Å²) < 4.78 is 1.58. The normalized spacial score (nSPS) is 16.3. The highest BCUT2D eigenvalue weighted by Gasteiger charge is 2.25. The fraction of sp³-hybridized carbons (Fsp3) is 0.833. The maximum Gasteiger partial charge on any atom is 0.424 e. The van der Waals surface area contributed by atoms with Crippen LogP contribution in [0.3, 0.4) is 0 Å². The Balaban J connectivity index is 1.96. The van der Waals surface area contributed by atoms with Gasteiger partial charge in [-0.1, -0.05) is 19.8 Å². The van der Waals surface area contributed by atoms with Crippen molar-refractivity contribution in [3.8, 4) is 0 Å². The molecule has 1 unspecified atom stereocenters. The van der Waals surface area contributed by atoms with Gasteiger partial charge in [-0.15, -0.1) is 5.43 Å². The van der Waals surface area contributed by atoms with Crippen LogP contribution in [0.4, 0.5) is 0 Å². The van der Waals surface area contributed by atoms with Gasteiger partial charge >= 0.3 is 8.88 Å². The molecule has 0 aromatic rings. The molecule has 1 rings (SSSR count). The van der Waals surface area contributed by atoms with Crippen molar-refractivity contribution in [3.05, 3.63) is 0 Å². The molecule has 0 saturated heterocycles. The van der Waals surface area contributed by atoms with E-state index in [1.807, 2.05) is 0 Å². The van der Waals surface area contributed by atoms with E-state index >= 15 is 0 Å². The van der Waals surface area contributed by atoms with Gasteiger partial charge in [0.25, 0.3) is 5.91 Å². The molecular formula is C6H13N3OP+. The van der Waals surface area contributed by atoms with Crippen molar-refractivity contribution >= 4 is 14.8 Å². The number of carbonyl (C=O) groups excluding carboxylic acids is 1. The Morgan fingerprint density at radius 2 is 2.36 bits per heavy atom. The highest BCUT2D eigenvalue weighted by atomic mass is 31.1. The van der Waals surface area contributed by atoms with Crippen molar-refractivity contribution in [2.75, 3.05) is 0 Å². The molecule has 0 aliphatic carbocycles. The third-order valence-corrected chi connectivity index (χ3v) is 1.95. The number of carbonyl (C=O) groups is 1. The predicted octanol–water partition coefficient (Wildman–Crippen LogP) is 1.58. The van der Waals surface area contributed by atoms with Crippen LogP contribution in [-0.2, 0) is 4.79 Å². The Morgan fingerprint density at radius 3 is 2.91 bits per heavy atom. The summed E-state index contributed by atoms with van der Waals surface area (Å²) in [6.45, 7) is 2.12. The molecule has 62 valence electrons. The van der Waals surface area contributed by atoms with Crippen LogP contribution in [0.1, 0.15) is 32.6 Å². The first-order valence-electron chi connectivity index (χ1n) is 3.89. The summed E-state index contributed by atoms with van der Waals surface area (Å²) in [5.74, 6) is 0.0900. The minimum absolute atomic E-state index is 0.0900. The average Bonchev–Trinajstić information content (AvgIpc) is 2.72. The molecule has 11 heavy (non-hydrogen) atoms. The van der Waals surface area contributed by atoms with E-state index in [-0.39, 0.29) is 5.91 Å². The van der Waals surface area contributed by atoms with Crippen molar-refractivity contribution in [2.24, 2.45) is 4.88 Å². The minimum atomic E-state index is 0.0900. The monoisotopic (exact) mass is 174 g/mol. The first kappa shape index (κ1) is 8.60. The number of nitrogens with zero attached hydrogens (tertiary/aromatic N) is 2. The van der Waals surface area contributed by atoms with Gasteiger partial charge in [0.1, 0.15) is 0 Å². The Morgan fingerprint density at radius 1 is 1.64 bits per heavy atom. The van der Waals surface area contributed by atoms with Crippen LogP contribution in [-0.4, -0.2) is 10.5 Å². The zero-order valence-electron chi connectivity index (χ0n) is 6.63. The number of hydrazine groups is 1. The summed E-state index contributed by atoms with van der Waals surface area (Å²) in [5.41, 5.74) is 2.65. The molecular weight excluding hydrogens is 161 g/mol. The van der Waals surface area contributed by atoms with Crippen LogP contribution in [0, 0.1) is 0 Å². The first-order chi connectivity index (χ1) is 5.33. The lowest BCUT2D eigenvalue weighted by atomic mass is 10.2. The summed E-state index contributed by atoms with van der Waals surface area (Å²) in [7, 11) is 0.449. The maximum absolute atomic E-state index is 11.0. The fourth-order valence-electron chi connectivity index (χ4n) is 0.782. The van der Waals surface area contributed by atoms with Crippen LogP contribution in [0.25, 0.3) is 0 Å². The lowest BCUT2D eigenvalue weighted by Crippen LogP contribution is -2.23. The predicted molar refractivity (Wildman–Crippen MR) is 43.3 cm³/mol. The topological polar surface area (TPSA) is 44.5 Å². The molecule has 1 aliphatic heterocycles. The lowest BCUT2D eigenvalue weighted by molar-refractivity contribution is -0.423. The second kappa shape index (κ2) is 4.39. The Hall–Kier alpha value is -0.500. The van der Waals surface area contributed by atoms with Crippen LogP contribution >= 0.6 is 8.88 Å². The first-order valence-corrected chi connectivity index (χ1v) is 4.78. The van der Waals surface area contributed by atoms with Gasteiger partial charge in [0.05, 0.1) is 4.88 Å². The molecule has 1 atom stereocenters. The lowest BCUT2D eigenvalue weighted by Gasteiger charge is -1.93. The SMILES string of the molecule is CCCCCC(=O)N[N+]1=NP1. The number of unbranched alkanes of at least 4 members (excludes halogenated alkanes) is 2. The van der Waals surface area contributed by atoms with Gasteiger partial charge in [0, 0.05) is 11.0 Å². The van der Waals surface area contributed by atoms with Crippen molar-refractivity contribution in [1.29, 1.82) is 0 Å². The average molecular weight is 174 g/mol. The van der Waals surface area contributed by atoms with Crippen LogP contribution in [0.5, 0.6) is 0 Å². The smallest absolute Gasteiger partial charge is 0.269 e. The number of hydrogen-bond acceptors (Lipinski definition) is 2. The standard InChI is InChI=1S/C6H12N3OP/c1-2-3-4-5-6(10)7-9-8-11-9/h11H,2-5H2,1H3/p+1. The maximum atomic E-state index is 11.0. The molecule has 1 amide bonds. The summed E-state index contributed by atoms with van der Waals surface area (Å²) in [5, 5.41) is 0. The van der Waals surface area contributed by atoms with E-state index in [0.717, 1.165) is 19.3 Å². The van der Waals surface area contributed by atoms with E-state index in [4.69, 9.17) is 0 Å². The quantitative estimate of drug-likeness (QED) is 0.499. The molecule has 0 fully saturated rings. The van der Waals surface area contributed by atoms with Crippen molar-refractivity contribution in [1.82, 2.24) is 5.43 Å². The fourth-order valence-corrected chi connectivity index (χ4v) is 1.05. The summed E-state index contributed by atoms with van der Waals surface area (Å²) >= 11 is 0. The summed E-state index contributed by atoms with van der Waals surface area (Å²) in [6, 6.07) is 0. The minimum Gasteiger partial charge on any atom is -0.269 e. The van der Waals surface area contributed by atoms with E-state index in [1.54, 1.807) is 4.58 Å². The Labute approximate surface area is 67.9 Å². The van der Waals surface area contributed by atoms with Crippen LogP contribution in [0.15, 0.2) is 4.88 Å². The van der Waals surface area contributed by atoms with Crippen molar-refractivity contribution in [3.63, 3.8) is 0 Å². The molecule has 0 spiro atoms. The zero-order chi connectivity index (χ0) is 8.10. The van der Waals surface area contributed by atoms with Gasteiger partial charge in [-0.25, -0.2) is 0 Å². The third kappa shape index (κ3) is 4.04. The Bertz CT molecular complexity index is 181. The van der Waals surface area contributed by atoms with Crippen molar-refractivity contribution < 1.29 is 9.37 Å². The van der Waals surface area contributed by atoms with E-state index < -0.39 is 0 Å². The van der Waals surface area contributed by atoms with E-state index in [9.17, 15) is 4.79 Å². The van der Waals surface area contributed by atoms with Crippen LogP contribution in [0.2, 0.25) is 0 Å². The molecule has 5 heteroatoms. The van der Waals surface area contributed by atoms with Gasteiger partial charge in [-0.2, -0.15) is 0 Å². The molecule has 0 saturated carbocycles. The second-order valence-electron chi connectivity index (χ2n) is 2.50. The molecule has 0 aromatic heterocycles. The van der Waals surface area contributed by atoms with Gasteiger partial charge in [-0.05, 0) is 6.42 Å². The highest BCUT2D eigenvalue weighted by molar-refractivity contribution is 7.32. The molecule has 0 aromatic carbocycles. The molecule has 1 N–H and O–H groups in total. The number of hydrogen-bond donors (Lipinski definition) is 1. The number of nitrogens with one attached hydrogen (secondary N) is 1. The number of amides is 1. The second-order valence-corrected chi connectivity index (χ2v) is 3.33. The van der Waals surface area contributed by atoms with Crippen molar-refractivity contribution in [2.45, 2.75) is 32.6 Å². The summed E-state index contributed by atoms with van der Waals surface area (Å²) in [6.07, 6.45) is 3.90. The largest absolute Gasteiger partial charge is 0.424 e. The molecule has 0 bridgehead atoms. The summed E-state index contributed by atoms with van der Waals surface area (Å²) in [4.78, 5) is 14.8. The zero-order valence-corrected chi connectivity index (χ0v) is 7.63. The molecule has 1 heterocycles. The highest BCUT2D eigenvalue weighted by Crippen LogP contribution is 2.27. The molecule has 0 radical (unpaired) electrons. The van der Waals surface area contributed by atoms with E-state index in [0.29, 0.717) is 15.3 Å². The molecule has 1 aliphatic rings. The van der Waals surface area contributed by atoms with E-state index in [1.165, 1.54) is 0 Å². The Kier molecular flexibility index (Phi) is 3.43. The van der Waals surface area contributed by atoms with Gasteiger partial charge in [-0.3, -0.25) is 4.79 Å². The third-order valence-electron chi connectivity index (χ3n) is 1.44. The van der Waals surface area contributed by atoms with E-state index in [2.05, 4.69) is 17.2 Å².